The van der Waals surface area contributed by atoms with Crippen LogP contribution in [0, 0.1) is 0 Å². The van der Waals surface area contributed by atoms with Crippen LogP contribution in [0.4, 0.5) is 0 Å². The topological polar surface area (TPSA) is 64.3 Å². The highest BCUT2D eigenvalue weighted by atomic mass is 16.5. The number of hydrogen-bond donors (Lipinski definition) is 2. The summed E-state index contributed by atoms with van der Waals surface area (Å²) >= 11 is 0. The van der Waals surface area contributed by atoms with E-state index < -0.39 is 0 Å². The van der Waals surface area contributed by atoms with Crippen LogP contribution >= 0.6 is 0 Å². The molecule has 1 aromatic carbocycles. The number of benzene rings is 1. The molecule has 4 heteroatoms. The molecule has 0 saturated heterocycles. The molecule has 100 valence electrons. The number of rotatable bonds is 9. The van der Waals surface area contributed by atoms with Crippen molar-refractivity contribution >= 4 is 5.91 Å². The summed E-state index contributed by atoms with van der Waals surface area (Å²) < 4.78 is 5.63. The molecule has 0 aliphatic heterocycles. The summed E-state index contributed by atoms with van der Waals surface area (Å²) in [4.78, 5) is 10.6. The quantitative estimate of drug-likeness (QED) is 0.657. The van der Waals surface area contributed by atoms with E-state index in [1.165, 1.54) is 5.56 Å². The maximum atomic E-state index is 10.6. The van der Waals surface area contributed by atoms with Crippen molar-refractivity contribution in [2.45, 2.75) is 32.7 Å². The van der Waals surface area contributed by atoms with Crippen LogP contribution in [0.15, 0.2) is 24.3 Å². The molecule has 1 amide bonds. The first-order valence-electron chi connectivity index (χ1n) is 6.43. The van der Waals surface area contributed by atoms with Crippen molar-refractivity contribution in [1.29, 1.82) is 0 Å². The Labute approximate surface area is 109 Å². The summed E-state index contributed by atoms with van der Waals surface area (Å²) in [5, 5.41) is 3.27. The van der Waals surface area contributed by atoms with E-state index in [-0.39, 0.29) is 5.91 Å². The number of primary amides is 1. The smallest absolute Gasteiger partial charge is 0.217 e. The van der Waals surface area contributed by atoms with Crippen LogP contribution in [0.25, 0.3) is 0 Å². The van der Waals surface area contributed by atoms with Gasteiger partial charge in [-0.05, 0) is 37.1 Å². The van der Waals surface area contributed by atoms with Gasteiger partial charge in [0.15, 0.2) is 0 Å². The van der Waals surface area contributed by atoms with E-state index in [9.17, 15) is 4.79 Å². The number of nitrogens with one attached hydrogen (secondary N) is 1. The number of hydrogen-bond acceptors (Lipinski definition) is 3. The average molecular weight is 250 g/mol. The van der Waals surface area contributed by atoms with E-state index in [1.807, 2.05) is 18.2 Å². The molecule has 0 aliphatic rings. The molecule has 4 nitrogen and oxygen atoms in total. The minimum atomic E-state index is -0.248. The molecule has 0 heterocycles. The van der Waals surface area contributed by atoms with Gasteiger partial charge >= 0.3 is 0 Å². The van der Waals surface area contributed by atoms with Crippen LogP contribution in [-0.4, -0.2) is 19.1 Å². The van der Waals surface area contributed by atoms with Gasteiger partial charge in [-0.15, -0.1) is 0 Å². The minimum Gasteiger partial charge on any atom is -0.494 e. The number of ether oxygens (including phenoxy) is 1. The first-order chi connectivity index (χ1) is 8.72. The van der Waals surface area contributed by atoms with Gasteiger partial charge < -0.3 is 15.8 Å². The second-order valence-electron chi connectivity index (χ2n) is 4.20. The van der Waals surface area contributed by atoms with Gasteiger partial charge in [0.05, 0.1) is 6.61 Å². The van der Waals surface area contributed by atoms with Crippen LogP contribution in [0.5, 0.6) is 5.75 Å². The fourth-order valence-electron chi connectivity index (χ4n) is 1.61. The molecule has 3 N–H and O–H groups in total. The van der Waals surface area contributed by atoms with Gasteiger partial charge in [-0.1, -0.05) is 19.1 Å². The van der Waals surface area contributed by atoms with Gasteiger partial charge in [0, 0.05) is 13.0 Å². The second kappa shape index (κ2) is 8.53. The summed E-state index contributed by atoms with van der Waals surface area (Å²) in [7, 11) is 0. The van der Waals surface area contributed by atoms with Gasteiger partial charge in [-0.3, -0.25) is 4.79 Å². The van der Waals surface area contributed by atoms with Crippen molar-refractivity contribution in [1.82, 2.24) is 5.32 Å². The Bertz CT molecular complexity index is 367. The molecule has 0 aliphatic carbocycles. The third-order valence-corrected chi connectivity index (χ3v) is 2.56. The van der Waals surface area contributed by atoms with E-state index in [1.54, 1.807) is 0 Å². The molecule has 0 saturated carbocycles. The van der Waals surface area contributed by atoms with E-state index in [4.69, 9.17) is 10.5 Å². The molecule has 0 bridgehead atoms. The van der Waals surface area contributed by atoms with Crippen molar-refractivity contribution in [3.05, 3.63) is 29.8 Å². The number of carbonyl (C=O) groups is 1. The maximum Gasteiger partial charge on any atom is 0.217 e. The highest BCUT2D eigenvalue weighted by molar-refractivity contribution is 5.73. The van der Waals surface area contributed by atoms with Gasteiger partial charge in [-0.2, -0.15) is 0 Å². The lowest BCUT2D eigenvalue weighted by molar-refractivity contribution is -0.118. The number of carbonyl (C=O) groups excluding carboxylic acids is 1. The van der Waals surface area contributed by atoms with Crippen molar-refractivity contribution in [2.24, 2.45) is 5.73 Å². The molecule has 0 fully saturated rings. The SMILES string of the molecule is CCNCc1cccc(OCCCCC(N)=O)c1. The minimum absolute atomic E-state index is 0.248. The van der Waals surface area contributed by atoms with Gasteiger partial charge in [0.1, 0.15) is 5.75 Å². The molecule has 0 atom stereocenters. The molecule has 1 aromatic rings. The van der Waals surface area contributed by atoms with Gasteiger partial charge in [-0.25, -0.2) is 0 Å². The molecule has 1 rings (SSSR count). The monoisotopic (exact) mass is 250 g/mol. The molecular weight excluding hydrogens is 228 g/mol. The van der Waals surface area contributed by atoms with Crippen LogP contribution in [-0.2, 0) is 11.3 Å². The van der Waals surface area contributed by atoms with Crippen LogP contribution in [0.2, 0.25) is 0 Å². The second-order valence-corrected chi connectivity index (χ2v) is 4.20. The van der Waals surface area contributed by atoms with Gasteiger partial charge in [0.2, 0.25) is 5.91 Å². The number of amides is 1. The van der Waals surface area contributed by atoms with Crippen LogP contribution in [0.1, 0.15) is 31.7 Å². The van der Waals surface area contributed by atoms with E-state index in [0.29, 0.717) is 13.0 Å². The van der Waals surface area contributed by atoms with Crippen molar-refractivity contribution in [3.8, 4) is 5.75 Å². The van der Waals surface area contributed by atoms with Gasteiger partial charge in [0.25, 0.3) is 0 Å². The fourth-order valence-corrected chi connectivity index (χ4v) is 1.61. The van der Waals surface area contributed by atoms with Crippen LogP contribution < -0.4 is 15.8 Å². The summed E-state index contributed by atoms with van der Waals surface area (Å²) in [6.07, 6.45) is 2.07. The Hall–Kier alpha value is -1.55. The lowest BCUT2D eigenvalue weighted by Crippen LogP contribution is -2.12. The Morgan fingerprint density at radius 3 is 2.94 bits per heavy atom. The predicted octanol–water partition coefficient (Wildman–Crippen LogP) is 1.83. The average Bonchev–Trinajstić information content (AvgIpc) is 2.36. The number of unbranched alkanes of at least 4 members (excludes halogenated alkanes) is 1. The third-order valence-electron chi connectivity index (χ3n) is 2.56. The maximum absolute atomic E-state index is 10.6. The number of nitrogens with two attached hydrogens (primary N) is 1. The lowest BCUT2D eigenvalue weighted by Gasteiger charge is -2.08. The van der Waals surface area contributed by atoms with Crippen molar-refractivity contribution in [2.75, 3.05) is 13.2 Å². The first kappa shape index (κ1) is 14.5. The third kappa shape index (κ3) is 6.25. The lowest BCUT2D eigenvalue weighted by atomic mass is 10.2. The molecule has 0 aromatic heterocycles. The Balaban J connectivity index is 2.26. The fraction of sp³-hybridized carbons (Fsp3) is 0.500. The van der Waals surface area contributed by atoms with E-state index >= 15 is 0 Å². The normalized spacial score (nSPS) is 10.3. The summed E-state index contributed by atoms with van der Waals surface area (Å²) in [5.41, 5.74) is 6.28. The van der Waals surface area contributed by atoms with E-state index in [0.717, 1.165) is 31.7 Å². The van der Waals surface area contributed by atoms with Crippen molar-refractivity contribution in [3.63, 3.8) is 0 Å². The zero-order valence-electron chi connectivity index (χ0n) is 10.9. The highest BCUT2D eigenvalue weighted by Crippen LogP contribution is 2.13. The summed E-state index contributed by atoms with van der Waals surface area (Å²) in [6.45, 7) is 4.52. The predicted molar refractivity (Wildman–Crippen MR) is 72.4 cm³/mol. The Morgan fingerprint density at radius 1 is 1.39 bits per heavy atom. The molecule has 18 heavy (non-hydrogen) atoms. The summed E-state index contributed by atoms with van der Waals surface area (Å²) in [5.74, 6) is 0.632. The standard InChI is InChI=1S/C14H22N2O2/c1-2-16-11-12-6-5-7-13(10-12)18-9-4-3-8-14(15)17/h5-7,10,16H,2-4,8-9,11H2,1H3,(H2,15,17). The molecule has 0 spiro atoms. The highest BCUT2D eigenvalue weighted by Gasteiger charge is 1.98. The van der Waals surface area contributed by atoms with E-state index in [2.05, 4.69) is 18.3 Å². The van der Waals surface area contributed by atoms with Crippen LogP contribution in [0.3, 0.4) is 0 Å². The molecule has 0 unspecified atom stereocenters. The zero-order valence-corrected chi connectivity index (χ0v) is 10.9. The Morgan fingerprint density at radius 2 is 2.22 bits per heavy atom. The summed E-state index contributed by atoms with van der Waals surface area (Å²) in [6, 6.07) is 8.05. The Kier molecular flexibility index (Phi) is 6.87. The first-order valence-corrected chi connectivity index (χ1v) is 6.43. The zero-order chi connectivity index (χ0) is 13.2. The van der Waals surface area contributed by atoms with Crippen molar-refractivity contribution < 1.29 is 9.53 Å². The molecular formula is C14H22N2O2. The molecule has 0 radical (unpaired) electrons. The largest absolute Gasteiger partial charge is 0.494 e.